The number of sulfonamides is 1. The van der Waals surface area contributed by atoms with Crippen LogP contribution in [0.15, 0.2) is 17.0 Å². The van der Waals surface area contributed by atoms with Crippen LogP contribution in [0.4, 0.5) is 0 Å². The first-order valence-corrected chi connectivity index (χ1v) is 9.90. The minimum absolute atomic E-state index is 0.415. The number of hydrogen-bond acceptors (Lipinski definition) is 4. The van der Waals surface area contributed by atoms with Crippen LogP contribution in [0, 0.1) is 19.8 Å². The van der Waals surface area contributed by atoms with E-state index in [0.717, 1.165) is 34.6 Å². The molecule has 1 aromatic rings. The van der Waals surface area contributed by atoms with Gasteiger partial charge in [-0.3, -0.25) is 0 Å². The van der Waals surface area contributed by atoms with Gasteiger partial charge in [0.1, 0.15) is 0 Å². The first-order chi connectivity index (χ1) is 9.94. The summed E-state index contributed by atoms with van der Waals surface area (Å²) >= 11 is 1.90. The zero-order chi connectivity index (χ0) is 15.5. The first kappa shape index (κ1) is 16.8. The van der Waals surface area contributed by atoms with Gasteiger partial charge in [0.05, 0.1) is 4.90 Å². The maximum atomic E-state index is 12.6. The van der Waals surface area contributed by atoms with E-state index in [-0.39, 0.29) is 0 Å². The van der Waals surface area contributed by atoms with Gasteiger partial charge in [-0.2, -0.15) is 11.8 Å². The van der Waals surface area contributed by atoms with Crippen molar-refractivity contribution in [3.05, 3.63) is 28.8 Å². The van der Waals surface area contributed by atoms with Crippen LogP contribution in [0.3, 0.4) is 0 Å². The lowest BCUT2D eigenvalue weighted by atomic mass is 10.1. The Morgan fingerprint density at radius 2 is 2.10 bits per heavy atom. The molecule has 0 spiro atoms. The van der Waals surface area contributed by atoms with Crippen molar-refractivity contribution in [1.29, 1.82) is 0 Å². The summed E-state index contributed by atoms with van der Waals surface area (Å²) in [5, 5.41) is 3.07. The van der Waals surface area contributed by atoms with Crippen molar-refractivity contribution >= 4 is 21.8 Å². The molecule has 1 heterocycles. The van der Waals surface area contributed by atoms with Crippen molar-refractivity contribution in [2.45, 2.75) is 31.7 Å². The topological polar surface area (TPSA) is 58.2 Å². The van der Waals surface area contributed by atoms with Gasteiger partial charge in [-0.05, 0) is 67.5 Å². The SMILES string of the molecule is CNCc1cc(C)c(C)c(S(=O)(=O)NCC2CCSC2)c1. The third-order valence-corrected chi connectivity index (χ3v) is 6.72. The Balaban J connectivity index is 2.21. The highest BCUT2D eigenvalue weighted by Gasteiger charge is 2.22. The lowest BCUT2D eigenvalue weighted by molar-refractivity contribution is 0.545. The maximum absolute atomic E-state index is 12.6. The van der Waals surface area contributed by atoms with E-state index in [1.807, 2.05) is 38.7 Å². The van der Waals surface area contributed by atoms with E-state index in [0.29, 0.717) is 23.9 Å². The predicted octanol–water partition coefficient (Wildman–Crippen LogP) is 2.05. The fourth-order valence-electron chi connectivity index (χ4n) is 2.53. The van der Waals surface area contributed by atoms with Crippen LogP contribution in [-0.2, 0) is 16.6 Å². The molecule has 0 radical (unpaired) electrons. The van der Waals surface area contributed by atoms with Gasteiger partial charge in [0.15, 0.2) is 0 Å². The van der Waals surface area contributed by atoms with Crippen molar-refractivity contribution in [3.8, 4) is 0 Å². The summed E-state index contributed by atoms with van der Waals surface area (Å²) in [6.45, 7) is 5.05. The van der Waals surface area contributed by atoms with E-state index in [1.54, 1.807) is 6.07 Å². The Labute approximate surface area is 132 Å². The quantitative estimate of drug-likeness (QED) is 0.839. The number of benzene rings is 1. The van der Waals surface area contributed by atoms with Gasteiger partial charge in [-0.15, -0.1) is 0 Å². The summed E-state index contributed by atoms with van der Waals surface area (Å²) in [7, 11) is -1.57. The third-order valence-electron chi connectivity index (χ3n) is 3.94. The molecule has 1 atom stereocenters. The van der Waals surface area contributed by atoms with Gasteiger partial charge < -0.3 is 5.32 Å². The molecule has 1 aliphatic heterocycles. The monoisotopic (exact) mass is 328 g/mol. The highest BCUT2D eigenvalue weighted by Crippen LogP contribution is 2.24. The van der Waals surface area contributed by atoms with Crippen LogP contribution in [0.25, 0.3) is 0 Å². The Bertz CT molecular complexity index is 594. The number of aryl methyl sites for hydroxylation is 1. The van der Waals surface area contributed by atoms with E-state index in [2.05, 4.69) is 10.0 Å². The minimum atomic E-state index is -3.43. The molecule has 2 N–H and O–H groups in total. The van der Waals surface area contributed by atoms with Crippen LogP contribution >= 0.6 is 11.8 Å². The smallest absolute Gasteiger partial charge is 0.240 e. The summed E-state index contributed by atoms with van der Waals surface area (Å²) in [5.41, 5.74) is 2.85. The zero-order valence-electron chi connectivity index (χ0n) is 12.9. The first-order valence-electron chi connectivity index (χ1n) is 7.26. The van der Waals surface area contributed by atoms with Crippen LogP contribution in [0.2, 0.25) is 0 Å². The molecule has 118 valence electrons. The van der Waals surface area contributed by atoms with Crippen molar-refractivity contribution in [2.75, 3.05) is 25.1 Å². The standard InChI is InChI=1S/C15H24N2O2S2/c1-11-6-14(8-16-3)7-15(12(11)2)21(18,19)17-9-13-4-5-20-10-13/h6-7,13,16-17H,4-5,8-10H2,1-3H3. The number of thioether (sulfide) groups is 1. The molecule has 0 aliphatic carbocycles. The fourth-order valence-corrected chi connectivity index (χ4v) is 5.30. The van der Waals surface area contributed by atoms with E-state index in [9.17, 15) is 8.42 Å². The largest absolute Gasteiger partial charge is 0.316 e. The molecule has 1 unspecified atom stereocenters. The lowest BCUT2D eigenvalue weighted by Gasteiger charge is -2.15. The highest BCUT2D eigenvalue weighted by molar-refractivity contribution is 7.99. The lowest BCUT2D eigenvalue weighted by Crippen LogP contribution is -2.30. The molecular weight excluding hydrogens is 304 g/mol. The van der Waals surface area contributed by atoms with Gasteiger partial charge >= 0.3 is 0 Å². The van der Waals surface area contributed by atoms with Gasteiger partial charge in [0, 0.05) is 13.1 Å². The van der Waals surface area contributed by atoms with E-state index in [1.165, 1.54) is 0 Å². The fraction of sp³-hybridized carbons (Fsp3) is 0.600. The van der Waals surface area contributed by atoms with Crippen LogP contribution < -0.4 is 10.0 Å². The van der Waals surface area contributed by atoms with Gasteiger partial charge in [-0.25, -0.2) is 13.1 Å². The van der Waals surface area contributed by atoms with Crippen LogP contribution in [-0.4, -0.2) is 33.5 Å². The summed E-state index contributed by atoms with van der Waals surface area (Å²) in [4.78, 5) is 0.415. The molecule has 6 heteroatoms. The number of hydrogen-bond donors (Lipinski definition) is 2. The second-order valence-electron chi connectivity index (χ2n) is 5.65. The van der Waals surface area contributed by atoms with Crippen molar-refractivity contribution in [2.24, 2.45) is 5.92 Å². The Kier molecular flexibility index (Phi) is 5.71. The molecule has 4 nitrogen and oxygen atoms in total. The summed E-state index contributed by atoms with van der Waals surface area (Å²) in [6.07, 6.45) is 1.10. The molecule has 1 saturated heterocycles. The zero-order valence-corrected chi connectivity index (χ0v) is 14.5. The average molecular weight is 329 g/mol. The molecule has 1 aliphatic rings. The van der Waals surface area contributed by atoms with Crippen LogP contribution in [0.1, 0.15) is 23.1 Å². The Morgan fingerprint density at radius 3 is 2.71 bits per heavy atom. The van der Waals surface area contributed by atoms with Crippen molar-refractivity contribution in [3.63, 3.8) is 0 Å². The molecule has 21 heavy (non-hydrogen) atoms. The van der Waals surface area contributed by atoms with Crippen molar-refractivity contribution in [1.82, 2.24) is 10.0 Å². The van der Waals surface area contributed by atoms with E-state index >= 15 is 0 Å². The second kappa shape index (κ2) is 7.13. The summed E-state index contributed by atoms with van der Waals surface area (Å²) in [5.74, 6) is 2.66. The third kappa shape index (κ3) is 4.22. The van der Waals surface area contributed by atoms with Gasteiger partial charge in [0.2, 0.25) is 10.0 Å². The average Bonchev–Trinajstić information content (AvgIpc) is 2.94. The Hall–Kier alpha value is -0.560. The summed E-state index contributed by atoms with van der Waals surface area (Å²) < 4.78 is 28.0. The van der Waals surface area contributed by atoms with Crippen LogP contribution in [0.5, 0.6) is 0 Å². The molecule has 0 aromatic heterocycles. The maximum Gasteiger partial charge on any atom is 0.240 e. The molecule has 0 saturated carbocycles. The minimum Gasteiger partial charge on any atom is -0.316 e. The van der Waals surface area contributed by atoms with E-state index < -0.39 is 10.0 Å². The predicted molar refractivity (Wildman–Crippen MR) is 89.3 cm³/mol. The highest BCUT2D eigenvalue weighted by atomic mass is 32.2. The summed E-state index contributed by atoms with van der Waals surface area (Å²) in [6, 6.07) is 3.82. The molecule has 1 fully saturated rings. The molecule has 0 amide bonds. The van der Waals surface area contributed by atoms with E-state index in [4.69, 9.17) is 0 Å². The van der Waals surface area contributed by atoms with Gasteiger partial charge in [-0.1, -0.05) is 6.07 Å². The van der Waals surface area contributed by atoms with Gasteiger partial charge in [0.25, 0.3) is 0 Å². The number of rotatable bonds is 6. The normalized spacial score (nSPS) is 19.1. The second-order valence-corrected chi connectivity index (χ2v) is 8.53. The molecule has 2 rings (SSSR count). The molecule has 0 bridgehead atoms. The molecular formula is C15H24N2O2S2. The number of nitrogens with one attached hydrogen (secondary N) is 2. The Morgan fingerprint density at radius 1 is 1.33 bits per heavy atom. The van der Waals surface area contributed by atoms with Crippen molar-refractivity contribution < 1.29 is 8.42 Å². The molecule has 1 aromatic carbocycles.